The normalized spacial score (nSPS) is 13.9. The number of anilines is 1. The number of hydrogen-bond acceptors (Lipinski definition) is 7. The zero-order chi connectivity index (χ0) is 25.1. The van der Waals surface area contributed by atoms with E-state index in [1.807, 2.05) is 48.5 Å². The summed E-state index contributed by atoms with van der Waals surface area (Å²) in [6.45, 7) is -0.198. The number of methoxy groups -OCH3 is 1. The SMILES string of the molecule is COC(=O)c1cc(C(O)C(O)CNC(=O)OCC2c3ccccc3-c3ccccc32)c(Cl)cc1N. The van der Waals surface area contributed by atoms with Gasteiger partial charge in [-0.3, -0.25) is 0 Å². The number of ether oxygens (including phenoxy) is 2. The minimum atomic E-state index is -1.50. The molecule has 1 aliphatic carbocycles. The Labute approximate surface area is 207 Å². The van der Waals surface area contributed by atoms with Gasteiger partial charge >= 0.3 is 12.1 Å². The summed E-state index contributed by atoms with van der Waals surface area (Å²) in [6, 6.07) is 18.5. The molecule has 0 aromatic heterocycles. The van der Waals surface area contributed by atoms with Crippen LogP contribution in [0.3, 0.4) is 0 Å². The van der Waals surface area contributed by atoms with Crippen LogP contribution >= 0.6 is 11.6 Å². The number of nitrogen functional groups attached to an aromatic ring is 1. The second-order valence-electron chi connectivity index (χ2n) is 8.17. The smallest absolute Gasteiger partial charge is 0.407 e. The van der Waals surface area contributed by atoms with Crippen molar-refractivity contribution in [3.63, 3.8) is 0 Å². The van der Waals surface area contributed by atoms with Crippen molar-refractivity contribution in [3.8, 4) is 11.1 Å². The summed E-state index contributed by atoms with van der Waals surface area (Å²) in [5.41, 5.74) is 10.3. The monoisotopic (exact) mass is 496 g/mol. The maximum atomic E-state index is 12.4. The average molecular weight is 497 g/mol. The van der Waals surface area contributed by atoms with E-state index in [9.17, 15) is 19.8 Å². The van der Waals surface area contributed by atoms with Gasteiger partial charge in [-0.15, -0.1) is 0 Å². The molecular formula is C26H25ClN2O6. The number of amides is 1. The highest BCUT2D eigenvalue weighted by atomic mass is 35.5. The minimum Gasteiger partial charge on any atom is -0.465 e. The second kappa shape index (κ2) is 10.4. The molecule has 3 aromatic carbocycles. The van der Waals surface area contributed by atoms with E-state index in [1.165, 1.54) is 19.2 Å². The van der Waals surface area contributed by atoms with Gasteiger partial charge in [0.1, 0.15) is 18.8 Å². The van der Waals surface area contributed by atoms with Crippen LogP contribution in [0.4, 0.5) is 10.5 Å². The largest absolute Gasteiger partial charge is 0.465 e. The highest BCUT2D eigenvalue weighted by Gasteiger charge is 2.29. The number of nitrogens with two attached hydrogens (primary N) is 1. The minimum absolute atomic E-state index is 0.00245. The third kappa shape index (κ3) is 4.95. The molecule has 0 fully saturated rings. The molecule has 35 heavy (non-hydrogen) atoms. The van der Waals surface area contributed by atoms with Crippen LogP contribution in [-0.4, -0.2) is 48.6 Å². The topological polar surface area (TPSA) is 131 Å². The quantitative estimate of drug-likeness (QED) is 0.290. The first-order valence-corrected chi connectivity index (χ1v) is 11.3. The van der Waals surface area contributed by atoms with Gasteiger partial charge < -0.3 is 30.7 Å². The molecule has 0 radical (unpaired) electrons. The van der Waals surface area contributed by atoms with Crippen LogP contribution < -0.4 is 11.1 Å². The van der Waals surface area contributed by atoms with Gasteiger partial charge in [0, 0.05) is 28.7 Å². The fourth-order valence-corrected chi connectivity index (χ4v) is 4.56. The van der Waals surface area contributed by atoms with E-state index in [0.29, 0.717) is 0 Å². The maximum absolute atomic E-state index is 12.4. The lowest BCUT2D eigenvalue weighted by molar-refractivity contribution is 0.0185. The van der Waals surface area contributed by atoms with Crippen molar-refractivity contribution in [3.05, 3.63) is 87.9 Å². The molecule has 0 spiro atoms. The number of aliphatic hydroxyl groups excluding tert-OH is 2. The molecule has 3 aromatic rings. The molecule has 9 heteroatoms. The summed E-state index contributed by atoms with van der Waals surface area (Å²) in [5, 5.41) is 23.5. The molecule has 2 atom stereocenters. The summed E-state index contributed by atoms with van der Waals surface area (Å²) in [4.78, 5) is 24.2. The lowest BCUT2D eigenvalue weighted by atomic mass is 9.98. The molecule has 1 amide bonds. The number of fused-ring (bicyclic) bond motifs is 3. The Balaban J connectivity index is 1.37. The van der Waals surface area contributed by atoms with Gasteiger partial charge in [0.2, 0.25) is 0 Å². The lowest BCUT2D eigenvalue weighted by Gasteiger charge is -2.21. The third-order valence-corrected chi connectivity index (χ3v) is 6.38. The highest BCUT2D eigenvalue weighted by molar-refractivity contribution is 6.32. The molecule has 1 aliphatic rings. The van der Waals surface area contributed by atoms with Gasteiger partial charge in [-0.2, -0.15) is 0 Å². The van der Waals surface area contributed by atoms with E-state index in [0.717, 1.165) is 22.3 Å². The van der Waals surface area contributed by atoms with Crippen molar-refractivity contribution >= 4 is 29.4 Å². The van der Waals surface area contributed by atoms with Crippen molar-refractivity contribution in [2.45, 2.75) is 18.1 Å². The van der Waals surface area contributed by atoms with E-state index in [2.05, 4.69) is 10.1 Å². The zero-order valence-corrected chi connectivity index (χ0v) is 19.7. The second-order valence-corrected chi connectivity index (χ2v) is 8.58. The molecule has 8 nitrogen and oxygen atoms in total. The van der Waals surface area contributed by atoms with Crippen LogP contribution in [0.25, 0.3) is 11.1 Å². The van der Waals surface area contributed by atoms with Crippen LogP contribution in [0.2, 0.25) is 5.02 Å². The Kier molecular flexibility index (Phi) is 7.25. The number of rotatable bonds is 7. The predicted molar refractivity (Wildman–Crippen MR) is 131 cm³/mol. The van der Waals surface area contributed by atoms with Gasteiger partial charge in [-0.05, 0) is 34.4 Å². The summed E-state index contributed by atoms with van der Waals surface area (Å²) in [5.74, 6) is -0.812. The predicted octanol–water partition coefficient (Wildman–Crippen LogP) is 3.64. The summed E-state index contributed by atoms with van der Waals surface area (Å²) < 4.78 is 10.1. The van der Waals surface area contributed by atoms with Crippen LogP contribution in [0.15, 0.2) is 60.7 Å². The molecule has 0 bridgehead atoms. The third-order valence-electron chi connectivity index (χ3n) is 6.06. The highest BCUT2D eigenvalue weighted by Crippen LogP contribution is 2.44. The van der Waals surface area contributed by atoms with Gasteiger partial charge in [0.05, 0.1) is 12.7 Å². The fourth-order valence-electron chi connectivity index (χ4n) is 4.28. The first kappa shape index (κ1) is 24.5. The Morgan fingerprint density at radius 3 is 2.26 bits per heavy atom. The number of alkyl carbamates (subject to hydrolysis) is 1. The van der Waals surface area contributed by atoms with E-state index >= 15 is 0 Å². The molecule has 0 saturated heterocycles. The van der Waals surface area contributed by atoms with Crippen molar-refractivity contribution < 1.29 is 29.3 Å². The number of nitrogens with one attached hydrogen (secondary N) is 1. The first-order chi connectivity index (χ1) is 16.8. The van der Waals surface area contributed by atoms with Crippen LogP contribution in [0.1, 0.15) is 39.1 Å². The van der Waals surface area contributed by atoms with Crippen molar-refractivity contribution in [2.24, 2.45) is 0 Å². The fraction of sp³-hybridized carbons (Fsp3) is 0.231. The molecule has 5 N–H and O–H groups in total. The molecule has 2 unspecified atom stereocenters. The number of carbonyl (C=O) groups is 2. The summed E-state index contributed by atoms with van der Waals surface area (Å²) in [7, 11) is 1.19. The van der Waals surface area contributed by atoms with Crippen LogP contribution in [0, 0.1) is 0 Å². The average Bonchev–Trinajstić information content (AvgIpc) is 3.19. The van der Waals surface area contributed by atoms with Crippen molar-refractivity contribution in [1.29, 1.82) is 0 Å². The van der Waals surface area contributed by atoms with Crippen LogP contribution in [0.5, 0.6) is 0 Å². The molecule has 182 valence electrons. The Hall–Kier alpha value is -3.59. The van der Waals surface area contributed by atoms with Gasteiger partial charge in [0.25, 0.3) is 0 Å². The molecular weight excluding hydrogens is 472 g/mol. The van der Waals surface area contributed by atoms with Gasteiger partial charge in [-0.25, -0.2) is 9.59 Å². The zero-order valence-electron chi connectivity index (χ0n) is 18.9. The number of esters is 1. The molecule has 0 aliphatic heterocycles. The number of benzene rings is 3. The maximum Gasteiger partial charge on any atom is 0.407 e. The molecule has 4 rings (SSSR count). The number of hydrogen-bond donors (Lipinski definition) is 4. The van der Waals surface area contributed by atoms with Gasteiger partial charge in [0.15, 0.2) is 0 Å². The lowest BCUT2D eigenvalue weighted by Crippen LogP contribution is -2.36. The summed E-state index contributed by atoms with van der Waals surface area (Å²) >= 11 is 6.14. The molecule has 0 heterocycles. The van der Waals surface area contributed by atoms with Gasteiger partial charge in [-0.1, -0.05) is 60.1 Å². The van der Waals surface area contributed by atoms with E-state index in [-0.39, 0.29) is 40.9 Å². The van der Waals surface area contributed by atoms with E-state index < -0.39 is 24.3 Å². The Morgan fingerprint density at radius 1 is 1.06 bits per heavy atom. The number of halogens is 1. The molecule has 0 saturated carbocycles. The number of carbonyl (C=O) groups excluding carboxylic acids is 2. The Morgan fingerprint density at radius 2 is 1.66 bits per heavy atom. The van der Waals surface area contributed by atoms with E-state index in [4.69, 9.17) is 22.1 Å². The summed E-state index contributed by atoms with van der Waals surface area (Å²) in [6.07, 6.45) is -3.67. The Bertz CT molecular complexity index is 1220. The number of aliphatic hydroxyl groups is 2. The first-order valence-electron chi connectivity index (χ1n) is 10.9. The standard InChI is InChI=1S/C26H25ClN2O6/c1-34-25(32)19-10-18(21(27)11-22(19)28)24(31)23(30)12-29-26(33)35-13-20-16-8-4-2-6-14(16)15-7-3-5-9-17(15)20/h2-11,20,23-24,30-31H,12-13,28H2,1H3,(H,29,33). The van der Waals surface area contributed by atoms with Crippen molar-refractivity contribution in [2.75, 3.05) is 26.0 Å². The van der Waals surface area contributed by atoms with E-state index in [1.54, 1.807) is 0 Å². The van der Waals surface area contributed by atoms with Crippen molar-refractivity contribution in [1.82, 2.24) is 5.32 Å². The van der Waals surface area contributed by atoms with Crippen LogP contribution in [-0.2, 0) is 9.47 Å².